The van der Waals surface area contributed by atoms with E-state index >= 15 is 0 Å². The minimum Gasteiger partial charge on any atom is -0.458 e. The molecule has 1 rings (SSSR count). The van der Waals surface area contributed by atoms with Gasteiger partial charge in [-0.3, -0.25) is 9.59 Å². The van der Waals surface area contributed by atoms with Crippen molar-refractivity contribution in [3.05, 3.63) is 23.3 Å². The maximum absolute atomic E-state index is 12.5. The van der Waals surface area contributed by atoms with E-state index in [-0.39, 0.29) is 29.2 Å². The highest BCUT2D eigenvalue weighted by atomic mass is 16.5. The SMILES string of the molecule is CC=C(C)C(=O)[C@@H]1C(C)=CC(OC(C)=O)CC1(C)C. The number of carbonyl (C=O) groups excluding carboxylic acids is 2. The highest BCUT2D eigenvalue weighted by molar-refractivity contribution is 5.98. The summed E-state index contributed by atoms with van der Waals surface area (Å²) in [6.45, 7) is 11.2. The fourth-order valence-corrected chi connectivity index (χ4v) is 2.92. The van der Waals surface area contributed by atoms with Crippen LogP contribution in [0.25, 0.3) is 0 Å². The van der Waals surface area contributed by atoms with Crippen molar-refractivity contribution in [1.82, 2.24) is 0 Å². The van der Waals surface area contributed by atoms with Crippen LogP contribution in [0.4, 0.5) is 0 Å². The van der Waals surface area contributed by atoms with E-state index in [1.165, 1.54) is 6.92 Å². The zero-order valence-corrected chi connectivity index (χ0v) is 12.7. The molecule has 2 atom stereocenters. The molecule has 0 bridgehead atoms. The molecule has 3 nitrogen and oxygen atoms in total. The van der Waals surface area contributed by atoms with Crippen LogP contribution in [0.5, 0.6) is 0 Å². The third-order valence-corrected chi connectivity index (χ3v) is 3.81. The first-order valence-electron chi connectivity index (χ1n) is 6.71. The molecule has 1 aliphatic carbocycles. The highest BCUT2D eigenvalue weighted by Gasteiger charge is 2.41. The van der Waals surface area contributed by atoms with Crippen molar-refractivity contribution in [1.29, 1.82) is 0 Å². The first kappa shape index (κ1) is 15.7. The molecule has 0 radical (unpaired) electrons. The Morgan fingerprint density at radius 2 is 1.95 bits per heavy atom. The Hall–Kier alpha value is -1.38. The van der Waals surface area contributed by atoms with Crippen LogP contribution in [0.2, 0.25) is 0 Å². The van der Waals surface area contributed by atoms with Gasteiger partial charge in [0, 0.05) is 12.8 Å². The van der Waals surface area contributed by atoms with Crippen LogP contribution in [0, 0.1) is 11.3 Å². The zero-order valence-electron chi connectivity index (χ0n) is 12.7. The summed E-state index contributed by atoms with van der Waals surface area (Å²) >= 11 is 0. The molecule has 0 heterocycles. The Balaban J connectivity index is 3.07. The summed E-state index contributed by atoms with van der Waals surface area (Å²) in [6.07, 6.45) is 4.22. The summed E-state index contributed by atoms with van der Waals surface area (Å²) in [5.41, 5.74) is 1.57. The van der Waals surface area contributed by atoms with Crippen LogP contribution in [-0.4, -0.2) is 17.9 Å². The maximum atomic E-state index is 12.5. The molecule has 0 fully saturated rings. The van der Waals surface area contributed by atoms with Gasteiger partial charge >= 0.3 is 5.97 Å². The second-order valence-electron chi connectivity index (χ2n) is 6.02. The molecule has 1 aliphatic rings. The molecule has 0 saturated carbocycles. The van der Waals surface area contributed by atoms with Gasteiger partial charge in [-0.2, -0.15) is 0 Å². The van der Waals surface area contributed by atoms with Crippen molar-refractivity contribution in [2.75, 3.05) is 0 Å². The Kier molecular flexibility index (Phi) is 4.72. The Bertz CT molecular complexity index is 441. The van der Waals surface area contributed by atoms with Crippen LogP contribution < -0.4 is 0 Å². The van der Waals surface area contributed by atoms with Crippen molar-refractivity contribution >= 4 is 11.8 Å². The molecule has 19 heavy (non-hydrogen) atoms. The van der Waals surface area contributed by atoms with Crippen molar-refractivity contribution < 1.29 is 14.3 Å². The molecule has 0 N–H and O–H groups in total. The molecule has 0 spiro atoms. The molecule has 0 aliphatic heterocycles. The van der Waals surface area contributed by atoms with Gasteiger partial charge in [-0.05, 0) is 44.3 Å². The van der Waals surface area contributed by atoms with Gasteiger partial charge in [0.25, 0.3) is 0 Å². The standard InChI is InChI=1S/C16H24O3/c1-7-10(2)15(18)14-11(3)8-13(19-12(4)17)9-16(14,5)6/h7-8,13-14H,9H2,1-6H3/t13?,14-/m0/s1. The third kappa shape index (κ3) is 3.55. The molecule has 0 aromatic rings. The highest BCUT2D eigenvalue weighted by Crippen LogP contribution is 2.43. The van der Waals surface area contributed by atoms with Gasteiger partial charge in [0.2, 0.25) is 0 Å². The average Bonchev–Trinajstić information content (AvgIpc) is 2.24. The molecule has 0 amide bonds. The summed E-state index contributed by atoms with van der Waals surface area (Å²) < 4.78 is 5.27. The third-order valence-electron chi connectivity index (χ3n) is 3.81. The number of ketones is 1. The molecular formula is C16H24O3. The van der Waals surface area contributed by atoms with E-state index in [2.05, 4.69) is 13.8 Å². The van der Waals surface area contributed by atoms with Crippen LogP contribution in [-0.2, 0) is 14.3 Å². The van der Waals surface area contributed by atoms with E-state index < -0.39 is 0 Å². The van der Waals surface area contributed by atoms with Gasteiger partial charge in [0.05, 0.1) is 0 Å². The number of rotatable bonds is 3. The number of carbonyl (C=O) groups is 2. The van der Waals surface area contributed by atoms with Crippen molar-refractivity contribution in [3.8, 4) is 0 Å². The first-order chi connectivity index (χ1) is 8.69. The fraction of sp³-hybridized carbons (Fsp3) is 0.625. The molecule has 0 aromatic heterocycles. The number of ether oxygens (including phenoxy) is 1. The van der Waals surface area contributed by atoms with E-state index in [1.54, 1.807) is 0 Å². The lowest BCUT2D eigenvalue weighted by Gasteiger charge is -2.40. The van der Waals surface area contributed by atoms with Crippen molar-refractivity contribution in [2.45, 2.75) is 54.1 Å². The van der Waals surface area contributed by atoms with Gasteiger partial charge in [-0.25, -0.2) is 0 Å². The molecule has 106 valence electrons. The summed E-state index contributed by atoms with van der Waals surface area (Å²) in [5.74, 6) is -0.239. The molecule has 0 aromatic carbocycles. The zero-order chi connectivity index (χ0) is 14.8. The van der Waals surface area contributed by atoms with Gasteiger partial charge in [0.1, 0.15) is 6.10 Å². The maximum Gasteiger partial charge on any atom is 0.303 e. The van der Waals surface area contributed by atoms with Crippen LogP contribution in [0.1, 0.15) is 48.0 Å². The smallest absolute Gasteiger partial charge is 0.303 e. The number of Topliss-reactive ketones (excluding diaryl/α,β-unsaturated/α-hetero) is 1. The van der Waals surface area contributed by atoms with Crippen molar-refractivity contribution in [3.63, 3.8) is 0 Å². The summed E-state index contributed by atoms with van der Waals surface area (Å²) in [4.78, 5) is 23.5. The number of hydrogen-bond donors (Lipinski definition) is 0. The van der Waals surface area contributed by atoms with Gasteiger partial charge in [0.15, 0.2) is 5.78 Å². The summed E-state index contributed by atoms with van der Waals surface area (Å²) in [7, 11) is 0. The lowest BCUT2D eigenvalue weighted by molar-refractivity contribution is -0.146. The van der Waals surface area contributed by atoms with Crippen LogP contribution >= 0.6 is 0 Å². The minimum atomic E-state index is -0.278. The Labute approximate surface area is 115 Å². The van der Waals surface area contributed by atoms with Crippen LogP contribution in [0.15, 0.2) is 23.3 Å². The van der Waals surface area contributed by atoms with Crippen molar-refractivity contribution in [2.24, 2.45) is 11.3 Å². The second kappa shape index (κ2) is 5.72. The number of allylic oxidation sites excluding steroid dienone is 3. The van der Waals surface area contributed by atoms with Gasteiger partial charge < -0.3 is 4.74 Å². The van der Waals surface area contributed by atoms with E-state index in [0.717, 1.165) is 11.1 Å². The molecule has 3 heteroatoms. The number of esters is 1. The second-order valence-corrected chi connectivity index (χ2v) is 6.02. The summed E-state index contributed by atoms with van der Waals surface area (Å²) in [6, 6.07) is 0. The molecule has 0 saturated heterocycles. The fourth-order valence-electron chi connectivity index (χ4n) is 2.92. The van der Waals surface area contributed by atoms with Gasteiger partial charge in [-0.15, -0.1) is 0 Å². The lowest BCUT2D eigenvalue weighted by Crippen LogP contribution is -2.40. The topological polar surface area (TPSA) is 43.4 Å². The average molecular weight is 264 g/mol. The van der Waals surface area contributed by atoms with E-state index in [9.17, 15) is 9.59 Å². The lowest BCUT2D eigenvalue weighted by atomic mass is 9.65. The minimum absolute atomic E-state index is 0.129. The molecular weight excluding hydrogens is 240 g/mol. The van der Waals surface area contributed by atoms with E-state index in [0.29, 0.717) is 6.42 Å². The number of hydrogen-bond acceptors (Lipinski definition) is 3. The van der Waals surface area contributed by atoms with Crippen LogP contribution in [0.3, 0.4) is 0 Å². The van der Waals surface area contributed by atoms with E-state index in [4.69, 9.17) is 4.74 Å². The largest absolute Gasteiger partial charge is 0.458 e. The Morgan fingerprint density at radius 1 is 1.37 bits per heavy atom. The monoisotopic (exact) mass is 264 g/mol. The van der Waals surface area contributed by atoms with E-state index in [1.807, 2.05) is 32.9 Å². The normalized spacial score (nSPS) is 26.6. The molecule has 1 unspecified atom stereocenters. The predicted molar refractivity (Wildman–Crippen MR) is 75.6 cm³/mol. The van der Waals surface area contributed by atoms with Gasteiger partial charge in [-0.1, -0.05) is 25.5 Å². The first-order valence-corrected chi connectivity index (χ1v) is 6.71. The Morgan fingerprint density at radius 3 is 2.37 bits per heavy atom. The summed E-state index contributed by atoms with van der Waals surface area (Å²) in [5, 5.41) is 0. The quantitative estimate of drug-likeness (QED) is 0.445. The predicted octanol–water partition coefficient (Wildman–Crippen LogP) is 3.45.